The van der Waals surface area contributed by atoms with E-state index in [2.05, 4.69) is 10.5 Å². The van der Waals surface area contributed by atoms with Crippen LogP contribution in [0.4, 0.5) is 4.79 Å². The van der Waals surface area contributed by atoms with Crippen LogP contribution in [0.3, 0.4) is 0 Å². The third-order valence-electron chi connectivity index (χ3n) is 3.76. The van der Waals surface area contributed by atoms with Crippen molar-refractivity contribution >= 4 is 11.7 Å². The molecular formula is C18H27N3O4. The summed E-state index contributed by atoms with van der Waals surface area (Å²) in [6.45, 7) is 6.30. The summed E-state index contributed by atoms with van der Waals surface area (Å²) in [4.78, 5) is 19.3. The third kappa shape index (κ3) is 5.01. The fraction of sp³-hybridized carbons (Fsp3) is 0.556. The van der Waals surface area contributed by atoms with Gasteiger partial charge in [0.2, 0.25) is 0 Å². The van der Waals surface area contributed by atoms with E-state index in [-0.39, 0.29) is 17.7 Å². The first kappa shape index (κ1) is 18.9. The molecule has 7 heteroatoms. The maximum Gasteiger partial charge on any atom is 0.317 e. The standard InChI is InChI=1S/C18H27N3O4/c1-18(2,3)19-17(22)21(4)11-13-10-14(20-25-13)12-7-8-15(23-5)16(9-12)24-6/h7-9,13H,10-11H2,1-6H3,(H,19,22)/t13-/m0/s1. The number of hydrogen-bond donors (Lipinski definition) is 1. The normalized spacial score (nSPS) is 16.7. The second kappa shape index (κ2) is 7.63. The molecule has 0 saturated carbocycles. The Morgan fingerprint density at radius 2 is 2.00 bits per heavy atom. The van der Waals surface area contributed by atoms with Crippen LogP contribution in [0.1, 0.15) is 32.8 Å². The molecule has 1 heterocycles. The number of nitrogens with one attached hydrogen (secondary N) is 1. The largest absolute Gasteiger partial charge is 0.493 e. The number of carbonyl (C=O) groups is 1. The topological polar surface area (TPSA) is 72.4 Å². The summed E-state index contributed by atoms with van der Waals surface area (Å²) >= 11 is 0. The van der Waals surface area contributed by atoms with Gasteiger partial charge in [-0.25, -0.2) is 4.79 Å². The van der Waals surface area contributed by atoms with Gasteiger partial charge in [0.15, 0.2) is 17.6 Å². The van der Waals surface area contributed by atoms with Gasteiger partial charge in [0, 0.05) is 24.6 Å². The fourth-order valence-electron chi connectivity index (χ4n) is 2.52. The average molecular weight is 349 g/mol. The first-order valence-electron chi connectivity index (χ1n) is 8.22. The number of rotatable bonds is 5. The van der Waals surface area contributed by atoms with E-state index in [0.717, 1.165) is 11.3 Å². The lowest BCUT2D eigenvalue weighted by atomic mass is 10.0. The Morgan fingerprint density at radius 3 is 2.60 bits per heavy atom. The van der Waals surface area contributed by atoms with Gasteiger partial charge in [0.25, 0.3) is 0 Å². The molecule has 1 aromatic rings. The number of hydrogen-bond acceptors (Lipinski definition) is 5. The highest BCUT2D eigenvalue weighted by molar-refractivity contribution is 6.01. The lowest BCUT2D eigenvalue weighted by molar-refractivity contribution is 0.0649. The highest BCUT2D eigenvalue weighted by Gasteiger charge is 2.26. The van der Waals surface area contributed by atoms with Gasteiger partial charge in [-0.1, -0.05) is 5.16 Å². The van der Waals surface area contributed by atoms with Crippen molar-refractivity contribution in [2.45, 2.75) is 38.8 Å². The molecule has 138 valence electrons. The highest BCUT2D eigenvalue weighted by Crippen LogP contribution is 2.29. The van der Waals surface area contributed by atoms with E-state index in [9.17, 15) is 4.79 Å². The van der Waals surface area contributed by atoms with Crippen molar-refractivity contribution in [1.82, 2.24) is 10.2 Å². The summed E-state index contributed by atoms with van der Waals surface area (Å²) in [5, 5.41) is 7.09. The summed E-state index contributed by atoms with van der Waals surface area (Å²) in [6.07, 6.45) is 0.460. The summed E-state index contributed by atoms with van der Waals surface area (Å²) < 4.78 is 10.6. The van der Waals surface area contributed by atoms with Crippen LogP contribution in [-0.2, 0) is 4.84 Å². The van der Waals surface area contributed by atoms with E-state index < -0.39 is 0 Å². The molecule has 1 aliphatic heterocycles. The van der Waals surface area contributed by atoms with Crippen molar-refractivity contribution in [3.8, 4) is 11.5 Å². The maximum absolute atomic E-state index is 12.1. The Kier molecular flexibility index (Phi) is 5.77. The molecule has 7 nitrogen and oxygen atoms in total. The molecule has 1 N–H and O–H groups in total. The zero-order chi connectivity index (χ0) is 18.6. The van der Waals surface area contributed by atoms with Gasteiger partial charge >= 0.3 is 6.03 Å². The number of benzene rings is 1. The van der Waals surface area contributed by atoms with Gasteiger partial charge in [-0.3, -0.25) is 0 Å². The van der Waals surface area contributed by atoms with Crippen LogP contribution < -0.4 is 14.8 Å². The molecule has 0 spiro atoms. The number of urea groups is 1. The molecule has 0 unspecified atom stereocenters. The van der Waals surface area contributed by atoms with Crippen molar-refractivity contribution in [2.24, 2.45) is 5.16 Å². The Labute approximate surface area is 148 Å². The molecule has 0 saturated heterocycles. The van der Waals surface area contributed by atoms with Crippen LogP contribution in [0, 0.1) is 0 Å². The van der Waals surface area contributed by atoms with E-state index in [1.165, 1.54) is 0 Å². The van der Waals surface area contributed by atoms with Crippen LogP contribution in [0.15, 0.2) is 23.4 Å². The SMILES string of the molecule is COc1ccc(C2=NO[C@H](CN(C)C(=O)NC(C)(C)C)C2)cc1OC. The zero-order valence-corrected chi connectivity index (χ0v) is 15.8. The second-order valence-electron chi connectivity index (χ2n) is 7.10. The number of carbonyl (C=O) groups excluding carboxylic acids is 1. The summed E-state index contributed by atoms with van der Waals surface area (Å²) in [5.41, 5.74) is 1.47. The van der Waals surface area contributed by atoms with Gasteiger partial charge in [-0.2, -0.15) is 0 Å². The van der Waals surface area contributed by atoms with Crippen molar-refractivity contribution in [3.63, 3.8) is 0 Å². The Bertz CT molecular complexity index is 652. The molecule has 1 atom stereocenters. The summed E-state index contributed by atoms with van der Waals surface area (Å²) in [7, 11) is 4.95. The van der Waals surface area contributed by atoms with Gasteiger partial charge < -0.3 is 24.5 Å². The molecule has 0 fully saturated rings. The van der Waals surface area contributed by atoms with Gasteiger partial charge in [0.1, 0.15) is 0 Å². The van der Waals surface area contributed by atoms with E-state index in [4.69, 9.17) is 14.3 Å². The molecule has 2 rings (SSSR count). The number of amides is 2. The third-order valence-corrected chi connectivity index (χ3v) is 3.76. The molecule has 0 aliphatic carbocycles. The monoisotopic (exact) mass is 349 g/mol. The van der Waals surface area contributed by atoms with Crippen LogP contribution in [0.2, 0.25) is 0 Å². The molecule has 0 aromatic heterocycles. The van der Waals surface area contributed by atoms with Crippen LogP contribution in [0.5, 0.6) is 11.5 Å². The number of ether oxygens (including phenoxy) is 2. The Morgan fingerprint density at radius 1 is 1.32 bits per heavy atom. The van der Waals surface area contributed by atoms with E-state index >= 15 is 0 Å². The summed E-state index contributed by atoms with van der Waals surface area (Å²) in [5.74, 6) is 1.31. The first-order chi connectivity index (χ1) is 11.7. The highest BCUT2D eigenvalue weighted by atomic mass is 16.6. The van der Waals surface area contributed by atoms with Crippen LogP contribution in [0.25, 0.3) is 0 Å². The minimum absolute atomic E-state index is 0.129. The molecule has 1 aromatic carbocycles. The first-order valence-corrected chi connectivity index (χ1v) is 8.22. The van der Waals surface area contributed by atoms with Crippen molar-refractivity contribution in [1.29, 1.82) is 0 Å². The second-order valence-corrected chi connectivity index (χ2v) is 7.10. The number of oxime groups is 1. The van der Waals surface area contributed by atoms with Crippen LogP contribution in [-0.4, -0.2) is 56.1 Å². The van der Waals surface area contributed by atoms with E-state index in [1.54, 1.807) is 26.2 Å². The lowest BCUT2D eigenvalue weighted by Gasteiger charge is -2.26. The minimum Gasteiger partial charge on any atom is -0.493 e. The molecular weight excluding hydrogens is 322 g/mol. The fourth-order valence-corrected chi connectivity index (χ4v) is 2.52. The lowest BCUT2D eigenvalue weighted by Crippen LogP contribution is -2.48. The van der Waals surface area contributed by atoms with Gasteiger partial charge in [-0.15, -0.1) is 0 Å². The van der Waals surface area contributed by atoms with Crippen molar-refractivity contribution < 1.29 is 19.1 Å². The zero-order valence-electron chi connectivity index (χ0n) is 15.8. The van der Waals surface area contributed by atoms with E-state index in [1.807, 2.05) is 39.0 Å². The Hall–Kier alpha value is -2.44. The molecule has 1 aliphatic rings. The molecule has 0 radical (unpaired) electrons. The molecule has 2 amide bonds. The van der Waals surface area contributed by atoms with Crippen molar-refractivity contribution in [2.75, 3.05) is 27.8 Å². The Balaban J connectivity index is 1.96. The van der Waals surface area contributed by atoms with Gasteiger partial charge in [0.05, 0.1) is 26.5 Å². The van der Waals surface area contributed by atoms with E-state index in [0.29, 0.717) is 24.5 Å². The number of likely N-dealkylation sites (N-methyl/N-ethyl adjacent to an activating group) is 1. The summed E-state index contributed by atoms with van der Waals surface area (Å²) in [6, 6.07) is 5.50. The average Bonchev–Trinajstić information content (AvgIpc) is 3.01. The maximum atomic E-state index is 12.1. The number of nitrogens with zero attached hydrogens (tertiary/aromatic N) is 2. The smallest absolute Gasteiger partial charge is 0.317 e. The van der Waals surface area contributed by atoms with Crippen molar-refractivity contribution in [3.05, 3.63) is 23.8 Å². The predicted octanol–water partition coefficient (Wildman–Crippen LogP) is 2.64. The minimum atomic E-state index is -0.275. The van der Waals surface area contributed by atoms with Crippen LogP contribution >= 0.6 is 0 Å². The quantitative estimate of drug-likeness (QED) is 0.887. The predicted molar refractivity (Wildman–Crippen MR) is 96.5 cm³/mol. The molecule has 0 bridgehead atoms. The molecule has 25 heavy (non-hydrogen) atoms. The number of methoxy groups -OCH3 is 2. The van der Waals surface area contributed by atoms with Gasteiger partial charge in [-0.05, 0) is 39.0 Å².